The molecule has 1 atom stereocenters. The lowest BCUT2D eigenvalue weighted by atomic mass is 10.1. The van der Waals surface area contributed by atoms with Crippen molar-refractivity contribution in [3.63, 3.8) is 0 Å². The van der Waals surface area contributed by atoms with Gasteiger partial charge >= 0.3 is 0 Å². The van der Waals surface area contributed by atoms with Crippen molar-refractivity contribution in [3.8, 4) is 0 Å². The van der Waals surface area contributed by atoms with Crippen LogP contribution in [0, 0.1) is 0 Å². The first-order valence-corrected chi connectivity index (χ1v) is 9.11. The van der Waals surface area contributed by atoms with Crippen molar-refractivity contribution in [2.24, 2.45) is 0 Å². The summed E-state index contributed by atoms with van der Waals surface area (Å²) < 4.78 is 27.9. The van der Waals surface area contributed by atoms with Crippen molar-refractivity contribution >= 4 is 54.8 Å². The van der Waals surface area contributed by atoms with Gasteiger partial charge in [-0.15, -0.1) is 11.6 Å². The molecule has 1 N–H and O–H groups in total. The molecule has 0 heterocycles. The maximum absolute atomic E-state index is 12.4. The molecule has 0 aliphatic carbocycles. The number of hydrogen-bond donors (Lipinski definition) is 1. The molecule has 0 radical (unpaired) electrons. The van der Waals surface area contributed by atoms with Gasteiger partial charge in [-0.1, -0.05) is 29.8 Å². The smallest absolute Gasteiger partial charge is 0.261 e. The zero-order chi connectivity index (χ0) is 15.6. The molecule has 2 rings (SSSR count). The largest absolute Gasteiger partial charge is 0.279 e. The van der Waals surface area contributed by atoms with Crippen LogP contribution in [0.3, 0.4) is 0 Å². The van der Waals surface area contributed by atoms with Crippen molar-refractivity contribution in [2.45, 2.75) is 17.2 Å². The molecule has 1 unspecified atom stereocenters. The van der Waals surface area contributed by atoms with Gasteiger partial charge in [0.1, 0.15) is 0 Å². The van der Waals surface area contributed by atoms with Gasteiger partial charge in [-0.25, -0.2) is 8.42 Å². The summed E-state index contributed by atoms with van der Waals surface area (Å²) in [6.07, 6.45) is 0. The summed E-state index contributed by atoms with van der Waals surface area (Å²) in [5.74, 6) is 0. The normalized spacial score (nSPS) is 13.0. The van der Waals surface area contributed by atoms with E-state index in [1.54, 1.807) is 25.1 Å². The summed E-state index contributed by atoms with van der Waals surface area (Å²) in [6.45, 7) is 1.79. The van der Waals surface area contributed by atoms with E-state index in [-0.39, 0.29) is 10.3 Å². The summed E-state index contributed by atoms with van der Waals surface area (Å²) in [6, 6.07) is 11.4. The Labute approximate surface area is 142 Å². The summed E-state index contributed by atoms with van der Waals surface area (Å²) >= 11 is 15.2. The third-order valence-electron chi connectivity index (χ3n) is 2.84. The van der Waals surface area contributed by atoms with Crippen LogP contribution in [0.25, 0.3) is 0 Å². The molecule has 0 aromatic heterocycles. The third kappa shape index (κ3) is 3.92. The van der Waals surface area contributed by atoms with Crippen LogP contribution < -0.4 is 4.72 Å². The highest BCUT2D eigenvalue weighted by atomic mass is 79.9. The number of alkyl halides is 1. The van der Waals surface area contributed by atoms with Gasteiger partial charge in [0.15, 0.2) is 0 Å². The third-order valence-corrected chi connectivity index (χ3v) is 5.65. The van der Waals surface area contributed by atoms with Crippen LogP contribution in [0.4, 0.5) is 5.69 Å². The second-order valence-corrected chi connectivity index (χ2v) is 7.98. The molecule has 3 nitrogen and oxygen atoms in total. The van der Waals surface area contributed by atoms with E-state index in [1.165, 1.54) is 18.2 Å². The average Bonchev–Trinajstić information content (AvgIpc) is 2.41. The molecular weight excluding hydrogens is 397 g/mol. The molecule has 0 fully saturated rings. The van der Waals surface area contributed by atoms with Gasteiger partial charge in [-0.2, -0.15) is 0 Å². The molecule has 0 spiro atoms. The van der Waals surface area contributed by atoms with Crippen LogP contribution in [0.1, 0.15) is 17.9 Å². The second kappa shape index (κ2) is 6.57. The molecular formula is C14H12BrCl2NO2S. The highest BCUT2D eigenvalue weighted by Crippen LogP contribution is 2.30. The predicted octanol–water partition coefficient (Wildman–Crippen LogP) is 5.20. The summed E-state index contributed by atoms with van der Waals surface area (Å²) in [5.41, 5.74) is 1.18. The maximum Gasteiger partial charge on any atom is 0.261 e. The van der Waals surface area contributed by atoms with Crippen LogP contribution in [0.5, 0.6) is 0 Å². The molecule has 0 saturated heterocycles. The van der Waals surface area contributed by atoms with Crippen molar-refractivity contribution < 1.29 is 8.42 Å². The van der Waals surface area contributed by atoms with E-state index in [0.29, 0.717) is 15.2 Å². The number of rotatable bonds is 4. The fraction of sp³-hybridized carbons (Fsp3) is 0.143. The first-order chi connectivity index (χ1) is 9.81. The van der Waals surface area contributed by atoms with E-state index in [2.05, 4.69) is 20.7 Å². The number of para-hydroxylation sites is 1. The van der Waals surface area contributed by atoms with Crippen molar-refractivity contribution in [2.75, 3.05) is 4.72 Å². The lowest BCUT2D eigenvalue weighted by molar-refractivity contribution is 0.601. The fourth-order valence-corrected chi connectivity index (χ4v) is 3.74. The minimum atomic E-state index is -3.71. The number of anilines is 1. The van der Waals surface area contributed by atoms with Gasteiger partial charge in [0.2, 0.25) is 0 Å². The molecule has 2 aromatic carbocycles. The van der Waals surface area contributed by atoms with Crippen LogP contribution in [-0.4, -0.2) is 8.42 Å². The van der Waals surface area contributed by atoms with E-state index >= 15 is 0 Å². The predicted molar refractivity (Wildman–Crippen MR) is 90.7 cm³/mol. The van der Waals surface area contributed by atoms with Gasteiger partial charge in [-0.3, -0.25) is 4.72 Å². The van der Waals surface area contributed by atoms with Gasteiger partial charge in [0, 0.05) is 4.47 Å². The lowest BCUT2D eigenvalue weighted by Gasteiger charge is -2.14. The molecule has 0 saturated carbocycles. The Hall–Kier alpha value is -0.750. The molecule has 0 amide bonds. The number of nitrogens with one attached hydrogen (secondary N) is 1. The van der Waals surface area contributed by atoms with E-state index in [1.807, 2.05) is 6.07 Å². The molecule has 0 bridgehead atoms. The standard InChI is InChI=1S/C14H12BrCl2NO2S/c1-9(16)11-4-2-3-5-14(11)18-21(19,20)10-6-7-13(17)12(15)8-10/h2-9,18H,1H3. The van der Waals surface area contributed by atoms with E-state index < -0.39 is 10.0 Å². The van der Waals surface area contributed by atoms with Gasteiger partial charge < -0.3 is 0 Å². The van der Waals surface area contributed by atoms with Gasteiger partial charge in [0.05, 0.1) is 21.0 Å². The van der Waals surface area contributed by atoms with Crippen molar-refractivity contribution in [1.29, 1.82) is 0 Å². The van der Waals surface area contributed by atoms with E-state index in [0.717, 1.165) is 5.56 Å². The number of halogens is 3. The highest BCUT2D eigenvalue weighted by Gasteiger charge is 2.18. The molecule has 2 aromatic rings. The monoisotopic (exact) mass is 407 g/mol. The minimum absolute atomic E-state index is 0.121. The number of sulfonamides is 1. The van der Waals surface area contributed by atoms with E-state index in [4.69, 9.17) is 23.2 Å². The summed E-state index contributed by atoms with van der Waals surface area (Å²) in [4.78, 5) is 0.121. The number of benzene rings is 2. The Kier molecular flexibility index (Phi) is 5.20. The Morgan fingerprint density at radius 3 is 2.48 bits per heavy atom. The highest BCUT2D eigenvalue weighted by molar-refractivity contribution is 9.10. The fourth-order valence-electron chi connectivity index (χ4n) is 1.78. The van der Waals surface area contributed by atoms with Crippen LogP contribution >= 0.6 is 39.1 Å². The molecule has 112 valence electrons. The van der Waals surface area contributed by atoms with E-state index in [9.17, 15) is 8.42 Å². The summed E-state index contributed by atoms with van der Waals surface area (Å²) in [5, 5.41) is 0.143. The van der Waals surface area contributed by atoms with Gasteiger partial charge in [-0.05, 0) is 52.7 Å². The molecule has 0 aliphatic rings. The zero-order valence-electron chi connectivity index (χ0n) is 11.0. The Morgan fingerprint density at radius 1 is 1.19 bits per heavy atom. The molecule has 7 heteroatoms. The van der Waals surface area contributed by atoms with Crippen LogP contribution in [0.15, 0.2) is 51.8 Å². The zero-order valence-corrected chi connectivity index (χ0v) is 14.9. The van der Waals surface area contributed by atoms with Gasteiger partial charge in [0.25, 0.3) is 10.0 Å². The first-order valence-electron chi connectivity index (χ1n) is 6.02. The van der Waals surface area contributed by atoms with Crippen LogP contribution in [-0.2, 0) is 10.0 Å². The number of hydrogen-bond acceptors (Lipinski definition) is 2. The van der Waals surface area contributed by atoms with Crippen molar-refractivity contribution in [1.82, 2.24) is 0 Å². The first kappa shape index (κ1) is 16.6. The molecule has 21 heavy (non-hydrogen) atoms. The van der Waals surface area contributed by atoms with Crippen LogP contribution in [0.2, 0.25) is 5.02 Å². The Morgan fingerprint density at radius 2 is 1.86 bits per heavy atom. The summed E-state index contributed by atoms with van der Waals surface area (Å²) in [7, 11) is -3.71. The Balaban J connectivity index is 2.40. The lowest BCUT2D eigenvalue weighted by Crippen LogP contribution is -2.14. The molecule has 0 aliphatic heterocycles. The second-order valence-electron chi connectivity index (χ2n) is 4.38. The SMILES string of the molecule is CC(Cl)c1ccccc1NS(=O)(=O)c1ccc(Cl)c(Br)c1. The average molecular weight is 409 g/mol. The maximum atomic E-state index is 12.4. The quantitative estimate of drug-likeness (QED) is 0.706. The Bertz CT molecular complexity index is 763. The van der Waals surface area contributed by atoms with Crippen molar-refractivity contribution in [3.05, 3.63) is 57.5 Å². The topological polar surface area (TPSA) is 46.2 Å². The minimum Gasteiger partial charge on any atom is -0.279 e.